The fraction of sp³-hybridized carbons (Fsp3) is 0.714. The number of ether oxygens (including phenoxy) is 1. The molecule has 19 heavy (non-hydrogen) atoms. The average Bonchev–Trinajstić information content (AvgIpc) is 2.21. The van der Waals surface area contributed by atoms with E-state index in [4.69, 9.17) is 9.84 Å². The molecule has 0 saturated carbocycles. The summed E-state index contributed by atoms with van der Waals surface area (Å²) in [7, 11) is 1.62. The highest BCUT2D eigenvalue weighted by atomic mass is 16.6. The molecule has 1 unspecified atom stereocenters. The first-order chi connectivity index (χ1) is 8.45. The summed E-state index contributed by atoms with van der Waals surface area (Å²) in [6.07, 6.45) is 1.12. The average molecular weight is 271 g/mol. The molecule has 0 aromatic heterocycles. The van der Waals surface area contributed by atoms with Crippen molar-refractivity contribution in [3.63, 3.8) is 0 Å². The van der Waals surface area contributed by atoms with Crippen LogP contribution in [-0.2, 0) is 9.53 Å². The van der Waals surface area contributed by atoms with Crippen LogP contribution in [0.1, 0.15) is 41.5 Å². The maximum absolute atomic E-state index is 12.0. The van der Waals surface area contributed by atoms with Crippen LogP contribution in [0.2, 0.25) is 0 Å². The number of carboxylic acids is 1. The van der Waals surface area contributed by atoms with Gasteiger partial charge in [0.05, 0.1) is 6.04 Å². The number of rotatable bonds is 4. The van der Waals surface area contributed by atoms with Crippen molar-refractivity contribution in [2.75, 3.05) is 7.05 Å². The summed E-state index contributed by atoms with van der Waals surface area (Å²) in [6, 6.07) is -0.314. The van der Waals surface area contributed by atoms with Gasteiger partial charge in [-0.2, -0.15) is 0 Å². The third-order valence-electron chi connectivity index (χ3n) is 2.57. The molecule has 110 valence electrons. The minimum absolute atomic E-state index is 0.0896. The second-order valence-electron chi connectivity index (χ2n) is 5.98. The normalized spacial score (nSPS) is 14.2. The number of hydrogen-bond donors (Lipinski definition) is 1. The van der Waals surface area contributed by atoms with Crippen molar-refractivity contribution >= 4 is 12.1 Å². The van der Waals surface area contributed by atoms with Gasteiger partial charge in [0, 0.05) is 12.6 Å². The van der Waals surface area contributed by atoms with Crippen LogP contribution in [0.5, 0.6) is 0 Å². The highest BCUT2D eigenvalue weighted by Crippen LogP contribution is 2.17. The molecular formula is C14H25NO4. The molecular weight excluding hydrogens is 246 g/mol. The highest BCUT2D eigenvalue weighted by Gasteiger charge is 2.26. The molecule has 5 heteroatoms. The second-order valence-corrected chi connectivity index (χ2v) is 5.98. The SMILES string of the molecule is C/C(=C\C(C(C)C)N(C)C(=O)OC(C)(C)C)C(=O)O. The lowest BCUT2D eigenvalue weighted by atomic mass is 10.0. The van der Waals surface area contributed by atoms with Crippen molar-refractivity contribution in [3.8, 4) is 0 Å². The van der Waals surface area contributed by atoms with Crippen molar-refractivity contribution in [2.24, 2.45) is 5.92 Å². The van der Waals surface area contributed by atoms with E-state index in [0.29, 0.717) is 0 Å². The van der Waals surface area contributed by atoms with Crippen LogP contribution in [0.15, 0.2) is 11.6 Å². The number of carbonyl (C=O) groups excluding carboxylic acids is 1. The Hall–Kier alpha value is -1.52. The molecule has 0 saturated heterocycles. The smallest absolute Gasteiger partial charge is 0.410 e. The summed E-state index contributed by atoms with van der Waals surface area (Å²) in [5.41, 5.74) is -0.354. The fourth-order valence-electron chi connectivity index (χ4n) is 1.53. The number of hydrogen-bond acceptors (Lipinski definition) is 3. The summed E-state index contributed by atoms with van der Waals surface area (Å²) < 4.78 is 5.28. The molecule has 0 aliphatic carbocycles. The first kappa shape index (κ1) is 17.5. The summed E-state index contributed by atoms with van der Waals surface area (Å²) in [4.78, 5) is 24.3. The Bertz CT molecular complexity index is 366. The van der Waals surface area contributed by atoms with E-state index >= 15 is 0 Å². The molecule has 0 fully saturated rings. The van der Waals surface area contributed by atoms with E-state index < -0.39 is 17.7 Å². The second kappa shape index (κ2) is 6.59. The first-order valence-corrected chi connectivity index (χ1v) is 6.33. The standard InChI is InChI=1S/C14H25NO4/c1-9(2)11(8-10(3)12(16)17)15(7)13(18)19-14(4,5)6/h8-9,11H,1-7H3,(H,16,17)/b10-8+. The monoisotopic (exact) mass is 271 g/mol. The number of aliphatic carboxylic acids is 1. The van der Waals surface area contributed by atoms with E-state index in [9.17, 15) is 9.59 Å². The van der Waals surface area contributed by atoms with Gasteiger partial charge in [0.15, 0.2) is 0 Å². The molecule has 0 spiro atoms. The molecule has 1 amide bonds. The van der Waals surface area contributed by atoms with Gasteiger partial charge in [-0.05, 0) is 33.6 Å². The van der Waals surface area contributed by atoms with Crippen molar-refractivity contribution < 1.29 is 19.4 Å². The molecule has 0 bridgehead atoms. The van der Waals surface area contributed by atoms with Crippen LogP contribution >= 0.6 is 0 Å². The van der Waals surface area contributed by atoms with Gasteiger partial charge in [-0.15, -0.1) is 0 Å². The van der Waals surface area contributed by atoms with Gasteiger partial charge < -0.3 is 14.7 Å². The van der Waals surface area contributed by atoms with E-state index in [1.807, 2.05) is 13.8 Å². The maximum atomic E-state index is 12.0. The molecule has 0 aliphatic rings. The van der Waals surface area contributed by atoms with Crippen molar-refractivity contribution in [2.45, 2.75) is 53.2 Å². The number of nitrogens with zero attached hydrogens (tertiary/aromatic N) is 1. The fourth-order valence-corrected chi connectivity index (χ4v) is 1.53. The molecule has 0 aromatic rings. The molecule has 0 rings (SSSR count). The zero-order valence-corrected chi connectivity index (χ0v) is 12.9. The summed E-state index contributed by atoms with van der Waals surface area (Å²) >= 11 is 0. The van der Waals surface area contributed by atoms with Gasteiger partial charge in [0.1, 0.15) is 5.60 Å². The Kier molecular flexibility index (Phi) is 6.06. The number of likely N-dealkylation sites (N-methyl/N-ethyl adjacent to an activating group) is 1. The molecule has 5 nitrogen and oxygen atoms in total. The van der Waals surface area contributed by atoms with Gasteiger partial charge in [0.2, 0.25) is 0 Å². The predicted molar refractivity (Wildman–Crippen MR) is 74.0 cm³/mol. The first-order valence-electron chi connectivity index (χ1n) is 6.33. The van der Waals surface area contributed by atoms with Gasteiger partial charge >= 0.3 is 12.1 Å². The topological polar surface area (TPSA) is 66.8 Å². The van der Waals surface area contributed by atoms with Crippen molar-refractivity contribution in [1.29, 1.82) is 0 Å². The van der Waals surface area contributed by atoms with E-state index in [1.54, 1.807) is 33.9 Å². The van der Waals surface area contributed by atoms with Crippen molar-refractivity contribution in [3.05, 3.63) is 11.6 Å². The minimum Gasteiger partial charge on any atom is -0.478 e. The molecule has 1 atom stereocenters. The maximum Gasteiger partial charge on any atom is 0.410 e. The number of amides is 1. The van der Waals surface area contributed by atoms with Gasteiger partial charge in [-0.1, -0.05) is 19.9 Å². The van der Waals surface area contributed by atoms with Gasteiger partial charge in [-0.25, -0.2) is 9.59 Å². The highest BCUT2D eigenvalue weighted by molar-refractivity contribution is 5.86. The largest absolute Gasteiger partial charge is 0.478 e. The van der Waals surface area contributed by atoms with Crippen LogP contribution in [0, 0.1) is 5.92 Å². The third-order valence-corrected chi connectivity index (χ3v) is 2.57. The van der Waals surface area contributed by atoms with Crippen molar-refractivity contribution in [1.82, 2.24) is 4.90 Å². The van der Waals surface area contributed by atoms with E-state index in [0.717, 1.165) is 0 Å². The molecule has 1 N–H and O–H groups in total. The molecule has 0 heterocycles. The summed E-state index contributed by atoms with van der Waals surface area (Å²) in [5.74, 6) is -0.893. The van der Waals surface area contributed by atoms with E-state index in [2.05, 4.69) is 0 Å². The molecule has 0 radical (unpaired) electrons. The lowest BCUT2D eigenvalue weighted by Gasteiger charge is -2.31. The van der Waals surface area contributed by atoms with E-state index in [-0.39, 0.29) is 17.5 Å². The zero-order chi connectivity index (χ0) is 15.4. The zero-order valence-electron chi connectivity index (χ0n) is 12.9. The number of carboxylic acid groups (broad SMARTS) is 1. The summed E-state index contributed by atoms with van der Waals surface area (Å²) in [6.45, 7) is 10.7. The minimum atomic E-state index is -0.983. The Morgan fingerprint density at radius 2 is 1.74 bits per heavy atom. The lowest BCUT2D eigenvalue weighted by molar-refractivity contribution is -0.132. The van der Waals surface area contributed by atoms with Gasteiger partial charge in [-0.3, -0.25) is 0 Å². The summed E-state index contributed by atoms with van der Waals surface area (Å²) in [5, 5.41) is 8.92. The van der Waals surface area contributed by atoms with Gasteiger partial charge in [0.25, 0.3) is 0 Å². The Morgan fingerprint density at radius 3 is 2.05 bits per heavy atom. The third kappa shape index (κ3) is 6.27. The predicted octanol–water partition coefficient (Wildman–Crippen LogP) is 2.91. The van der Waals surface area contributed by atoms with Crippen LogP contribution in [0.25, 0.3) is 0 Å². The Balaban J connectivity index is 5.06. The Labute approximate surface area is 115 Å². The van der Waals surface area contributed by atoms with Crippen LogP contribution in [0.4, 0.5) is 4.79 Å². The Morgan fingerprint density at radius 1 is 1.26 bits per heavy atom. The van der Waals surface area contributed by atoms with Crippen LogP contribution in [0.3, 0.4) is 0 Å². The molecule has 0 aromatic carbocycles. The number of carbonyl (C=O) groups is 2. The van der Waals surface area contributed by atoms with Crippen LogP contribution in [-0.4, -0.2) is 40.8 Å². The quantitative estimate of drug-likeness (QED) is 0.798. The van der Waals surface area contributed by atoms with Crippen LogP contribution < -0.4 is 0 Å². The van der Waals surface area contributed by atoms with E-state index in [1.165, 1.54) is 11.8 Å². The molecule has 0 aliphatic heterocycles. The lowest BCUT2D eigenvalue weighted by Crippen LogP contribution is -2.42.